The zero-order chi connectivity index (χ0) is 14.5. The fraction of sp³-hybridized carbons (Fsp3) is 0.125. The van der Waals surface area contributed by atoms with Crippen molar-refractivity contribution >= 4 is 17.1 Å². The smallest absolute Gasteiger partial charge is 0.123 e. The minimum Gasteiger partial charge on any atom is -0.397 e. The lowest BCUT2D eigenvalue weighted by atomic mass is 10.1. The highest BCUT2D eigenvalue weighted by molar-refractivity contribution is 5.70. The van der Waals surface area contributed by atoms with Crippen LogP contribution in [-0.4, -0.2) is 6.54 Å². The third-order valence-electron chi connectivity index (χ3n) is 3.07. The zero-order valence-electron chi connectivity index (χ0n) is 11.2. The summed E-state index contributed by atoms with van der Waals surface area (Å²) in [5.74, 6) is -0.235. The number of hydrogen-bond donors (Lipinski definition) is 2. The Kier molecular flexibility index (Phi) is 4.25. The van der Waals surface area contributed by atoms with Crippen molar-refractivity contribution in [3.63, 3.8) is 0 Å². The Bertz CT molecular complexity index is 593. The third-order valence-corrected chi connectivity index (χ3v) is 3.07. The molecule has 0 radical (unpaired) electrons. The van der Waals surface area contributed by atoms with Crippen molar-refractivity contribution in [3.05, 3.63) is 66.5 Å². The molecule has 0 bridgehead atoms. The molecule has 0 saturated heterocycles. The van der Waals surface area contributed by atoms with Crippen molar-refractivity contribution in [1.29, 1.82) is 0 Å². The fourth-order valence-corrected chi connectivity index (χ4v) is 1.99. The number of nitrogens with zero attached hydrogens (tertiary/aromatic N) is 1. The van der Waals surface area contributed by atoms with Crippen LogP contribution in [0.25, 0.3) is 0 Å². The second kappa shape index (κ2) is 6.10. The van der Waals surface area contributed by atoms with Gasteiger partial charge in [-0.25, -0.2) is 4.39 Å². The van der Waals surface area contributed by atoms with E-state index in [4.69, 9.17) is 11.5 Å². The molecule has 0 unspecified atom stereocenters. The third kappa shape index (κ3) is 3.29. The second-order valence-corrected chi connectivity index (χ2v) is 4.61. The Morgan fingerprint density at radius 1 is 1.05 bits per heavy atom. The fourth-order valence-electron chi connectivity index (χ4n) is 1.99. The Labute approximate surface area is 118 Å². The largest absolute Gasteiger partial charge is 0.397 e. The maximum Gasteiger partial charge on any atom is 0.123 e. The van der Waals surface area contributed by atoms with Gasteiger partial charge >= 0.3 is 0 Å². The molecule has 0 amide bonds. The first-order chi connectivity index (χ1) is 9.60. The Morgan fingerprint density at radius 2 is 1.75 bits per heavy atom. The SMILES string of the molecule is C=CCN(Cc1ccc(F)cc1)c1ccc(N)c(N)c1. The van der Waals surface area contributed by atoms with Crippen molar-refractivity contribution in [2.45, 2.75) is 6.54 Å². The van der Waals surface area contributed by atoms with E-state index in [2.05, 4.69) is 11.5 Å². The molecule has 0 aromatic heterocycles. The standard InChI is InChI=1S/C16H18FN3/c1-2-9-20(11-12-3-5-13(17)6-4-12)14-7-8-15(18)16(19)10-14/h2-8,10H,1,9,11,18-19H2. The molecule has 2 aromatic carbocycles. The molecule has 3 nitrogen and oxygen atoms in total. The number of hydrogen-bond acceptors (Lipinski definition) is 3. The molecule has 0 aliphatic carbocycles. The lowest BCUT2D eigenvalue weighted by Crippen LogP contribution is -2.22. The van der Waals surface area contributed by atoms with Crippen LogP contribution in [0.2, 0.25) is 0 Å². The van der Waals surface area contributed by atoms with Crippen molar-refractivity contribution in [3.8, 4) is 0 Å². The Hall–Kier alpha value is -2.49. The van der Waals surface area contributed by atoms with Crippen LogP contribution in [0.1, 0.15) is 5.56 Å². The molecule has 0 spiro atoms. The minimum absolute atomic E-state index is 0.235. The molecule has 0 aliphatic heterocycles. The first kappa shape index (κ1) is 13.9. The number of anilines is 3. The summed E-state index contributed by atoms with van der Waals surface area (Å²) in [6.45, 7) is 5.08. The number of rotatable bonds is 5. The number of nitrogens with two attached hydrogens (primary N) is 2. The topological polar surface area (TPSA) is 55.3 Å². The predicted octanol–water partition coefficient (Wildman–Crippen LogP) is 3.18. The minimum atomic E-state index is -0.235. The van der Waals surface area contributed by atoms with Crippen LogP contribution >= 0.6 is 0 Å². The molecule has 4 heteroatoms. The molecule has 0 heterocycles. The summed E-state index contributed by atoms with van der Waals surface area (Å²) >= 11 is 0. The molecule has 2 rings (SSSR count). The van der Waals surface area contributed by atoms with Gasteiger partial charge in [-0.15, -0.1) is 6.58 Å². The van der Waals surface area contributed by atoms with Crippen LogP contribution in [-0.2, 0) is 6.54 Å². The highest BCUT2D eigenvalue weighted by Crippen LogP contribution is 2.24. The van der Waals surface area contributed by atoms with Gasteiger partial charge in [0.2, 0.25) is 0 Å². The maximum atomic E-state index is 12.9. The van der Waals surface area contributed by atoms with Gasteiger partial charge in [-0.3, -0.25) is 0 Å². The molecule has 20 heavy (non-hydrogen) atoms. The summed E-state index contributed by atoms with van der Waals surface area (Å²) in [6, 6.07) is 12.0. The quantitative estimate of drug-likeness (QED) is 0.648. The molecular formula is C16H18FN3. The van der Waals surface area contributed by atoms with Gasteiger partial charge in [-0.05, 0) is 35.9 Å². The van der Waals surface area contributed by atoms with Gasteiger partial charge in [-0.1, -0.05) is 18.2 Å². The van der Waals surface area contributed by atoms with E-state index in [-0.39, 0.29) is 5.82 Å². The van der Waals surface area contributed by atoms with Crippen LogP contribution in [0.5, 0.6) is 0 Å². The molecule has 0 fully saturated rings. The van der Waals surface area contributed by atoms with Crippen LogP contribution in [0.3, 0.4) is 0 Å². The zero-order valence-corrected chi connectivity index (χ0v) is 11.2. The van der Waals surface area contributed by atoms with Crippen molar-refractivity contribution in [2.75, 3.05) is 22.9 Å². The summed E-state index contributed by atoms with van der Waals surface area (Å²) in [5.41, 5.74) is 14.7. The summed E-state index contributed by atoms with van der Waals surface area (Å²) in [5, 5.41) is 0. The van der Waals surface area contributed by atoms with Gasteiger partial charge in [0.1, 0.15) is 5.82 Å². The summed E-state index contributed by atoms with van der Waals surface area (Å²) in [4.78, 5) is 2.09. The summed E-state index contributed by atoms with van der Waals surface area (Å²) in [7, 11) is 0. The highest BCUT2D eigenvalue weighted by atomic mass is 19.1. The molecule has 0 atom stereocenters. The maximum absolute atomic E-state index is 12.9. The van der Waals surface area contributed by atoms with Crippen molar-refractivity contribution < 1.29 is 4.39 Å². The predicted molar refractivity (Wildman–Crippen MR) is 82.9 cm³/mol. The average Bonchev–Trinajstić information content (AvgIpc) is 2.44. The summed E-state index contributed by atoms with van der Waals surface area (Å²) in [6.07, 6.45) is 1.82. The second-order valence-electron chi connectivity index (χ2n) is 4.61. The van der Waals surface area contributed by atoms with E-state index in [0.29, 0.717) is 24.5 Å². The molecular weight excluding hydrogens is 253 g/mol. The van der Waals surface area contributed by atoms with E-state index in [1.807, 2.05) is 18.2 Å². The van der Waals surface area contributed by atoms with Gasteiger partial charge < -0.3 is 16.4 Å². The first-order valence-corrected chi connectivity index (χ1v) is 6.35. The van der Waals surface area contributed by atoms with E-state index in [1.165, 1.54) is 12.1 Å². The van der Waals surface area contributed by atoms with E-state index in [9.17, 15) is 4.39 Å². The molecule has 0 aliphatic rings. The molecule has 104 valence electrons. The van der Waals surface area contributed by atoms with Gasteiger partial charge in [0.25, 0.3) is 0 Å². The van der Waals surface area contributed by atoms with Crippen molar-refractivity contribution in [1.82, 2.24) is 0 Å². The Balaban J connectivity index is 2.23. The van der Waals surface area contributed by atoms with Crippen LogP contribution in [0, 0.1) is 5.82 Å². The Morgan fingerprint density at radius 3 is 2.35 bits per heavy atom. The normalized spacial score (nSPS) is 10.2. The number of nitrogen functional groups attached to an aromatic ring is 2. The lowest BCUT2D eigenvalue weighted by molar-refractivity contribution is 0.626. The highest BCUT2D eigenvalue weighted by Gasteiger charge is 2.07. The van der Waals surface area contributed by atoms with E-state index < -0.39 is 0 Å². The van der Waals surface area contributed by atoms with Crippen LogP contribution in [0.4, 0.5) is 21.5 Å². The van der Waals surface area contributed by atoms with Crippen molar-refractivity contribution in [2.24, 2.45) is 0 Å². The van der Waals surface area contributed by atoms with E-state index in [0.717, 1.165) is 11.3 Å². The van der Waals surface area contributed by atoms with E-state index >= 15 is 0 Å². The van der Waals surface area contributed by atoms with Gasteiger partial charge in [0, 0.05) is 18.8 Å². The molecule has 2 aromatic rings. The monoisotopic (exact) mass is 271 g/mol. The van der Waals surface area contributed by atoms with Gasteiger partial charge in [0.05, 0.1) is 11.4 Å². The van der Waals surface area contributed by atoms with Crippen LogP contribution < -0.4 is 16.4 Å². The van der Waals surface area contributed by atoms with Crippen LogP contribution in [0.15, 0.2) is 55.1 Å². The number of benzene rings is 2. The lowest BCUT2D eigenvalue weighted by Gasteiger charge is -2.24. The van der Waals surface area contributed by atoms with E-state index in [1.54, 1.807) is 18.2 Å². The molecule has 4 N–H and O–H groups in total. The first-order valence-electron chi connectivity index (χ1n) is 6.35. The summed E-state index contributed by atoms with van der Waals surface area (Å²) < 4.78 is 12.9. The van der Waals surface area contributed by atoms with Gasteiger partial charge in [-0.2, -0.15) is 0 Å². The average molecular weight is 271 g/mol. The van der Waals surface area contributed by atoms with Gasteiger partial charge in [0.15, 0.2) is 0 Å². The molecule has 0 saturated carbocycles. The number of halogens is 1.